The third-order valence-corrected chi connectivity index (χ3v) is 11.0. The lowest BCUT2D eigenvalue weighted by molar-refractivity contribution is -0.279. The van der Waals surface area contributed by atoms with Crippen LogP contribution in [0, 0.1) is 22.7 Å². The van der Waals surface area contributed by atoms with Gasteiger partial charge in [0.25, 0.3) is 0 Å². The lowest BCUT2D eigenvalue weighted by atomic mass is 9.44. The van der Waals surface area contributed by atoms with Gasteiger partial charge in [0, 0.05) is 18.3 Å². The highest BCUT2D eigenvalue weighted by molar-refractivity contribution is 5.92. The molecule has 0 saturated heterocycles. The van der Waals surface area contributed by atoms with Crippen molar-refractivity contribution < 1.29 is 34.8 Å². The summed E-state index contributed by atoms with van der Waals surface area (Å²) in [6.45, 7) is 6.63. The standard InChI is InChI=1S/C28H38O7/c1-16-14-22(35-23(31)18(16)15-29)26(4,32)28(34)13-12-27(33)20-9-8-17-6-5-7-21(30)25(17,3)19(20)10-11-24(27,28)2/h5-6,8,19-20,22,29,32-34H,7,9-15H2,1-4H3/t19-,20+,22+,24-,25-,26-,27+,28-/m0/s1. The topological polar surface area (TPSA) is 124 Å². The molecule has 0 unspecified atom stereocenters. The van der Waals surface area contributed by atoms with Gasteiger partial charge in [-0.2, -0.15) is 0 Å². The largest absolute Gasteiger partial charge is 0.455 e. The second kappa shape index (κ2) is 7.60. The fourth-order valence-corrected chi connectivity index (χ4v) is 8.53. The normalized spacial score (nSPS) is 46.9. The first-order valence-electron chi connectivity index (χ1n) is 12.9. The molecule has 0 aromatic carbocycles. The number of allylic oxidation sites excluding steroid dienone is 4. The van der Waals surface area contributed by atoms with Crippen LogP contribution in [-0.2, 0) is 14.3 Å². The molecule has 0 spiro atoms. The molecule has 5 rings (SSSR count). The Balaban J connectivity index is 1.53. The zero-order valence-electron chi connectivity index (χ0n) is 21.1. The van der Waals surface area contributed by atoms with Gasteiger partial charge in [0.1, 0.15) is 23.1 Å². The Kier molecular flexibility index (Phi) is 5.40. The Bertz CT molecular complexity index is 1070. The molecule has 2 fully saturated rings. The summed E-state index contributed by atoms with van der Waals surface area (Å²) in [5.41, 5.74) is -4.73. The molecule has 192 valence electrons. The number of hydrogen-bond donors (Lipinski definition) is 4. The van der Waals surface area contributed by atoms with Crippen molar-refractivity contribution in [2.45, 2.75) is 95.5 Å². The number of esters is 1. The monoisotopic (exact) mass is 486 g/mol. The lowest BCUT2D eigenvalue weighted by Gasteiger charge is -2.63. The zero-order chi connectivity index (χ0) is 25.6. The average Bonchev–Trinajstić information content (AvgIpc) is 3.02. The van der Waals surface area contributed by atoms with E-state index in [9.17, 15) is 30.0 Å². The van der Waals surface area contributed by atoms with Gasteiger partial charge in [-0.1, -0.05) is 30.7 Å². The van der Waals surface area contributed by atoms with Crippen LogP contribution in [0.25, 0.3) is 0 Å². The Labute approximate surface area is 206 Å². The number of aliphatic hydroxyl groups is 4. The second-order valence-electron chi connectivity index (χ2n) is 12.2. The first kappa shape index (κ1) is 24.9. The second-order valence-corrected chi connectivity index (χ2v) is 12.2. The molecule has 0 amide bonds. The van der Waals surface area contributed by atoms with Crippen LogP contribution in [0.2, 0.25) is 0 Å². The van der Waals surface area contributed by atoms with E-state index in [1.807, 2.05) is 26.0 Å². The van der Waals surface area contributed by atoms with E-state index in [0.717, 1.165) is 5.57 Å². The Morgan fingerprint density at radius 2 is 1.86 bits per heavy atom. The maximum absolute atomic E-state index is 13.2. The van der Waals surface area contributed by atoms with Crippen molar-refractivity contribution in [2.75, 3.05) is 6.61 Å². The number of carbonyl (C=O) groups is 2. The summed E-state index contributed by atoms with van der Waals surface area (Å²) >= 11 is 0. The number of fused-ring (bicyclic) bond motifs is 5. The maximum atomic E-state index is 13.2. The summed E-state index contributed by atoms with van der Waals surface area (Å²) in [5, 5.41) is 46.0. The summed E-state index contributed by atoms with van der Waals surface area (Å²) in [6.07, 6.45) is 7.74. The number of ketones is 1. The third kappa shape index (κ3) is 2.87. The number of ether oxygens (including phenoxy) is 1. The van der Waals surface area contributed by atoms with E-state index >= 15 is 0 Å². The van der Waals surface area contributed by atoms with Gasteiger partial charge in [-0.05, 0) is 70.3 Å². The van der Waals surface area contributed by atoms with Crippen LogP contribution in [0.1, 0.15) is 72.6 Å². The molecule has 0 radical (unpaired) electrons. The van der Waals surface area contributed by atoms with Gasteiger partial charge in [-0.25, -0.2) is 4.79 Å². The highest BCUT2D eigenvalue weighted by Gasteiger charge is 2.76. The number of Topliss-reactive ketones (excluding diaryl/α,β-unsaturated/α-hetero) is 1. The number of carbonyl (C=O) groups excluding carboxylic acids is 2. The summed E-state index contributed by atoms with van der Waals surface area (Å²) in [7, 11) is 0. The zero-order valence-corrected chi connectivity index (χ0v) is 21.1. The minimum Gasteiger partial charge on any atom is -0.455 e. The lowest BCUT2D eigenvalue weighted by Crippen LogP contribution is -2.72. The number of cyclic esters (lactones) is 1. The van der Waals surface area contributed by atoms with Gasteiger partial charge in [0.2, 0.25) is 0 Å². The minimum atomic E-state index is -1.83. The van der Waals surface area contributed by atoms with E-state index < -0.39 is 46.3 Å². The van der Waals surface area contributed by atoms with Crippen LogP contribution in [0.15, 0.2) is 34.9 Å². The van der Waals surface area contributed by atoms with Crippen molar-refractivity contribution in [3.05, 3.63) is 34.9 Å². The summed E-state index contributed by atoms with van der Waals surface area (Å²) in [4.78, 5) is 25.7. The van der Waals surface area contributed by atoms with Crippen LogP contribution in [-0.4, -0.2) is 61.7 Å². The van der Waals surface area contributed by atoms with Gasteiger partial charge in [0.15, 0.2) is 0 Å². The van der Waals surface area contributed by atoms with Crippen LogP contribution >= 0.6 is 0 Å². The molecule has 4 aliphatic carbocycles. The van der Waals surface area contributed by atoms with E-state index in [-0.39, 0.29) is 42.5 Å². The van der Waals surface area contributed by atoms with Gasteiger partial charge < -0.3 is 25.2 Å². The molecule has 4 N–H and O–H groups in total. The van der Waals surface area contributed by atoms with Crippen molar-refractivity contribution in [2.24, 2.45) is 22.7 Å². The first-order valence-corrected chi connectivity index (χ1v) is 12.9. The van der Waals surface area contributed by atoms with E-state index in [1.54, 1.807) is 6.92 Å². The molecular weight excluding hydrogens is 448 g/mol. The predicted octanol–water partition coefficient (Wildman–Crippen LogP) is 2.52. The van der Waals surface area contributed by atoms with Crippen LogP contribution < -0.4 is 0 Å². The molecule has 7 heteroatoms. The molecule has 1 aliphatic heterocycles. The fraction of sp³-hybridized carbons (Fsp3) is 0.714. The van der Waals surface area contributed by atoms with Crippen LogP contribution in [0.5, 0.6) is 0 Å². The van der Waals surface area contributed by atoms with Crippen molar-refractivity contribution >= 4 is 11.8 Å². The maximum Gasteiger partial charge on any atom is 0.336 e. The molecule has 1 heterocycles. The Hall–Kier alpha value is -1.80. The highest BCUT2D eigenvalue weighted by atomic mass is 16.6. The van der Waals surface area contributed by atoms with E-state index in [0.29, 0.717) is 31.3 Å². The van der Waals surface area contributed by atoms with Crippen molar-refractivity contribution in [1.29, 1.82) is 0 Å². The van der Waals surface area contributed by atoms with Crippen molar-refractivity contribution in [1.82, 2.24) is 0 Å². The SMILES string of the molecule is CC1=C(CO)C(=O)O[C@@H]([C@](C)(O)[C@]2(O)CC[C@@]3(O)[C@@H]4CC=C5C=CCC(=O)[C@]5(C)[C@H]4CC[C@]23C)C1. The molecule has 0 aromatic rings. The average molecular weight is 487 g/mol. The molecule has 35 heavy (non-hydrogen) atoms. The molecule has 8 atom stereocenters. The molecule has 7 nitrogen and oxygen atoms in total. The smallest absolute Gasteiger partial charge is 0.336 e. The Morgan fingerprint density at radius 1 is 1.14 bits per heavy atom. The van der Waals surface area contributed by atoms with E-state index in [4.69, 9.17) is 4.74 Å². The first-order chi connectivity index (χ1) is 16.3. The minimum absolute atomic E-state index is 0.0462. The van der Waals surface area contributed by atoms with Gasteiger partial charge in [-0.3, -0.25) is 4.79 Å². The molecular formula is C28H38O7. The third-order valence-electron chi connectivity index (χ3n) is 11.0. The molecule has 0 bridgehead atoms. The quantitative estimate of drug-likeness (QED) is 0.452. The van der Waals surface area contributed by atoms with Gasteiger partial charge >= 0.3 is 5.97 Å². The number of aliphatic hydroxyl groups excluding tert-OH is 1. The van der Waals surface area contributed by atoms with Gasteiger partial charge in [-0.15, -0.1) is 0 Å². The molecule has 0 aromatic heterocycles. The summed E-state index contributed by atoms with van der Waals surface area (Å²) < 4.78 is 5.56. The molecule has 5 aliphatic rings. The predicted molar refractivity (Wildman–Crippen MR) is 128 cm³/mol. The fourth-order valence-electron chi connectivity index (χ4n) is 8.53. The summed E-state index contributed by atoms with van der Waals surface area (Å²) in [5.74, 6) is -0.791. The Morgan fingerprint density at radius 3 is 2.51 bits per heavy atom. The highest BCUT2D eigenvalue weighted by Crippen LogP contribution is 2.70. The van der Waals surface area contributed by atoms with Crippen molar-refractivity contribution in [3.63, 3.8) is 0 Å². The van der Waals surface area contributed by atoms with Crippen LogP contribution in [0.3, 0.4) is 0 Å². The molecule has 2 saturated carbocycles. The van der Waals surface area contributed by atoms with Gasteiger partial charge in [0.05, 0.1) is 23.2 Å². The summed E-state index contributed by atoms with van der Waals surface area (Å²) in [6, 6.07) is 0. The van der Waals surface area contributed by atoms with E-state index in [1.165, 1.54) is 6.92 Å². The number of rotatable bonds is 3. The van der Waals surface area contributed by atoms with E-state index in [2.05, 4.69) is 6.08 Å². The number of hydrogen-bond acceptors (Lipinski definition) is 7. The van der Waals surface area contributed by atoms with Crippen molar-refractivity contribution in [3.8, 4) is 0 Å². The van der Waals surface area contributed by atoms with Crippen LogP contribution in [0.4, 0.5) is 0 Å².